The van der Waals surface area contributed by atoms with Gasteiger partial charge in [0.15, 0.2) is 0 Å². The van der Waals surface area contributed by atoms with E-state index in [0.29, 0.717) is 34.2 Å². The second kappa shape index (κ2) is 5.69. The minimum atomic E-state index is -0.215. The summed E-state index contributed by atoms with van der Waals surface area (Å²) in [4.78, 5) is 20.8. The molecule has 2 aromatic rings. The molecular formula is C15H17N3O2. The number of hydrogen-bond acceptors (Lipinski definition) is 4. The second-order valence-electron chi connectivity index (χ2n) is 4.50. The Hall–Kier alpha value is -2.43. The number of rotatable bonds is 3. The fourth-order valence-electron chi connectivity index (χ4n) is 2.11. The number of nitrogens with zero attached hydrogens (tertiary/aromatic N) is 2. The fourth-order valence-corrected chi connectivity index (χ4v) is 2.11. The predicted molar refractivity (Wildman–Crippen MR) is 77.2 cm³/mol. The number of anilines is 1. The van der Waals surface area contributed by atoms with Crippen molar-refractivity contribution in [2.75, 3.05) is 12.4 Å². The van der Waals surface area contributed by atoms with E-state index in [0.717, 1.165) is 0 Å². The fraction of sp³-hybridized carbons (Fsp3) is 0.267. The highest BCUT2D eigenvalue weighted by Crippen LogP contribution is 2.18. The van der Waals surface area contributed by atoms with Gasteiger partial charge in [-0.25, -0.2) is 9.97 Å². The van der Waals surface area contributed by atoms with Crippen LogP contribution in [0.3, 0.4) is 0 Å². The molecule has 0 aliphatic heterocycles. The molecule has 1 aromatic carbocycles. The number of methoxy groups -OCH3 is 1. The van der Waals surface area contributed by atoms with Crippen molar-refractivity contribution in [1.29, 1.82) is 0 Å². The Morgan fingerprint density at radius 1 is 1.15 bits per heavy atom. The summed E-state index contributed by atoms with van der Waals surface area (Å²) in [6.07, 6.45) is 0. The first kappa shape index (κ1) is 14.0. The molecule has 0 aliphatic rings. The van der Waals surface area contributed by atoms with E-state index >= 15 is 0 Å². The van der Waals surface area contributed by atoms with Gasteiger partial charge < -0.3 is 10.1 Å². The largest absolute Gasteiger partial charge is 0.497 e. The molecule has 5 nitrogen and oxygen atoms in total. The quantitative estimate of drug-likeness (QED) is 0.932. The van der Waals surface area contributed by atoms with E-state index in [1.165, 1.54) is 0 Å². The summed E-state index contributed by atoms with van der Waals surface area (Å²) in [6.45, 7) is 5.42. The average Bonchev–Trinajstić information content (AvgIpc) is 2.37. The number of aryl methyl sites for hydroxylation is 3. The highest BCUT2D eigenvalue weighted by Gasteiger charge is 2.15. The zero-order chi connectivity index (χ0) is 14.7. The van der Waals surface area contributed by atoms with E-state index in [1.807, 2.05) is 32.9 Å². The van der Waals surface area contributed by atoms with Crippen molar-refractivity contribution in [3.63, 3.8) is 0 Å². The molecule has 1 N–H and O–H groups in total. The van der Waals surface area contributed by atoms with Crippen molar-refractivity contribution in [1.82, 2.24) is 9.97 Å². The SMILES string of the molecule is COc1cccc(NC(=O)c2c(C)nc(C)nc2C)c1. The van der Waals surface area contributed by atoms with E-state index in [9.17, 15) is 4.79 Å². The van der Waals surface area contributed by atoms with Gasteiger partial charge in [0.05, 0.1) is 24.1 Å². The predicted octanol–water partition coefficient (Wildman–Crippen LogP) is 2.66. The van der Waals surface area contributed by atoms with Gasteiger partial charge in [-0.15, -0.1) is 0 Å². The molecule has 0 fully saturated rings. The molecule has 1 heterocycles. The third kappa shape index (κ3) is 2.93. The van der Waals surface area contributed by atoms with E-state index in [-0.39, 0.29) is 5.91 Å². The molecule has 2 rings (SSSR count). The van der Waals surface area contributed by atoms with Crippen molar-refractivity contribution < 1.29 is 9.53 Å². The molecule has 0 spiro atoms. The lowest BCUT2D eigenvalue weighted by Crippen LogP contribution is -2.17. The van der Waals surface area contributed by atoms with Gasteiger partial charge in [-0.05, 0) is 32.9 Å². The molecule has 1 aromatic heterocycles. The summed E-state index contributed by atoms with van der Waals surface area (Å²) in [5.41, 5.74) is 2.54. The molecule has 5 heteroatoms. The Morgan fingerprint density at radius 2 is 1.80 bits per heavy atom. The first-order valence-corrected chi connectivity index (χ1v) is 6.28. The van der Waals surface area contributed by atoms with Gasteiger partial charge >= 0.3 is 0 Å². The zero-order valence-corrected chi connectivity index (χ0v) is 12.0. The topological polar surface area (TPSA) is 64.1 Å². The third-order valence-electron chi connectivity index (χ3n) is 2.94. The molecular weight excluding hydrogens is 254 g/mol. The molecule has 0 aliphatic carbocycles. The lowest BCUT2D eigenvalue weighted by molar-refractivity contribution is 0.102. The van der Waals surface area contributed by atoms with Crippen LogP contribution in [0.1, 0.15) is 27.6 Å². The Balaban J connectivity index is 2.28. The minimum absolute atomic E-state index is 0.215. The van der Waals surface area contributed by atoms with Crippen molar-refractivity contribution in [2.24, 2.45) is 0 Å². The molecule has 0 atom stereocenters. The lowest BCUT2D eigenvalue weighted by Gasteiger charge is -2.10. The third-order valence-corrected chi connectivity index (χ3v) is 2.94. The monoisotopic (exact) mass is 271 g/mol. The van der Waals surface area contributed by atoms with E-state index < -0.39 is 0 Å². The van der Waals surface area contributed by atoms with Crippen LogP contribution in [0.2, 0.25) is 0 Å². The van der Waals surface area contributed by atoms with Crippen LogP contribution in [0.15, 0.2) is 24.3 Å². The first-order chi connectivity index (χ1) is 9.51. The molecule has 20 heavy (non-hydrogen) atoms. The number of hydrogen-bond donors (Lipinski definition) is 1. The maximum absolute atomic E-state index is 12.3. The lowest BCUT2D eigenvalue weighted by atomic mass is 10.1. The van der Waals surface area contributed by atoms with Crippen molar-refractivity contribution in [3.8, 4) is 5.75 Å². The highest BCUT2D eigenvalue weighted by molar-refractivity contribution is 6.05. The summed E-state index contributed by atoms with van der Waals surface area (Å²) in [5.74, 6) is 1.14. The smallest absolute Gasteiger partial charge is 0.259 e. The van der Waals surface area contributed by atoms with Crippen LogP contribution in [0, 0.1) is 20.8 Å². The van der Waals surface area contributed by atoms with Gasteiger partial charge in [0.1, 0.15) is 11.6 Å². The molecule has 0 saturated carbocycles. The van der Waals surface area contributed by atoms with Gasteiger partial charge in [0.2, 0.25) is 0 Å². The first-order valence-electron chi connectivity index (χ1n) is 6.28. The number of carbonyl (C=O) groups excluding carboxylic acids is 1. The number of benzene rings is 1. The Morgan fingerprint density at radius 3 is 2.40 bits per heavy atom. The minimum Gasteiger partial charge on any atom is -0.497 e. The van der Waals surface area contributed by atoms with E-state index in [1.54, 1.807) is 19.2 Å². The zero-order valence-electron chi connectivity index (χ0n) is 12.0. The van der Waals surface area contributed by atoms with E-state index in [4.69, 9.17) is 4.74 Å². The Labute approximate surface area is 118 Å². The molecule has 0 bridgehead atoms. The molecule has 0 unspecified atom stereocenters. The molecule has 0 saturated heterocycles. The number of carbonyl (C=O) groups is 1. The molecule has 104 valence electrons. The van der Waals surface area contributed by atoms with Gasteiger partial charge in [0.25, 0.3) is 5.91 Å². The number of nitrogens with one attached hydrogen (secondary N) is 1. The van der Waals surface area contributed by atoms with Crippen molar-refractivity contribution >= 4 is 11.6 Å². The highest BCUT2D eigenvalue weighted by atomic mass is 16.5. The average molecular weight is 271 g/mol. The number of ether oxygens (including phenoxy) is 1. The summed E-state index contributed by atoms with van der Waals surface area (Å²) in [6, 6.07) is 7.21. The van der Waals surface area contributed by atoms with Crippen LogP contribution in [-0.2, 0) is 0 Å². The van der Waals surface area contributed by atoms with Crippen LogP contribution in [0.4, 0.5) is 5.69 Å². The maximum atomic E-state index is 12.3. The van der Waals surface area contributed by atoms with Crippen LogP contribution >= 0.6 is 0 Å². The van der Waals surface area contributed by atoms with Crippen molar-refractivity contribution in [3.05, 3.63) is 47.0 Å². The Bertz CT molecular complexity index is 630. The van der Waals surface area contributed by atoms with Gasteiger partial charge in [-0.3, -0.25) is 4.79 Å². The van der Waals surface area contributed by atoms with Crippen molar-refractivity contribution in [2.45, 2.75) is 20.8 Å². The van der Waals surface area contributed by atoms with Crippen LogP contribution < -0.4 is 10.1 Å². The summed E-state index contributed by atoms with van der Waals surface area (Å²) in [7, 11) is 1.59. The molecule has 0 radical (unpaired) electrons. The summed E-state index contributed by atoms with van der Waals surface area (Å²) < 4.78 is 5.13. The normalized spacial score (nSPS) is 10.2. The van der Waals surface area contributed by atoms with Crippen LogP contribution in [0.5, 0.6) is 5.75 Å². The second-order valence-corrected chi connectivity index (χ2v) is 4.50. The van der Waals surface area contributed by atoms with Gasteiger partial charge in [0, 0.05) is 11.8 Å². The maximum Gasteiger partial charge on any atom is 0.259 e. The Kier molecular flexibility index (Phi) is 3.98. The van der Waals surface area contributed by atoms with Crippen LogP contribution in [-0.4, -0.2) is 23.0 Å². The standard InChI is InChI=1S/C15H17N3O2/c1-9-14(10(2)17-11(3)16-9)15(19)18-12-6-5-7-13(8-12)20-4/h5-8H,1-4H3,(H,18,19). The van der Waals surface area contributed by atoms with Gasteiger partial charge in [-0.1, -0.05) is 6.07 Å². The van der Waals surface area contributed by atoms with Crippen LogP contribution in [0.25, 0.3) is 0 Å². The number of aromatic nitrogens is 2. The van der Waals surface area contributed by atoms with E-state index in [2.05, 4.69) is 15.3 Å². The number of amides is 1. The van der Waals surface area contributed by atoms with Gasteiger partial charge in [-0.2, -0.15) is 0 Å². The summed E-state index contributed by atoms with van der Waals surface area (Å²) in [5, 5.41) is 2.84. The summed E-state index contributed by atoms with van der Waals surface area (Å²) >= 11 is 0. The molecule has 1 amide bonds.